The van der Waals surface area contributed by atoms with Gasteiger partial charge in [0, 0.05) is 0 Å². The zero-order valence-electron chi connectivity index (χ0n) is 14.2. The molecule has 1 radical (unpaired) electrons. The maximum atomic E-state index is 2.24. The van der Waals surface area contributed by atoms with Crippen LogP contribution in [0.2, 0.25) is 0 Å². The molecule has 4 heteroatoms. The van der Waals surface area contributed by atoms with Gasteiger partial charge in [-0.05, 0) is 0 Å². The average Bonchev–Trinajstić information content (AvgIpc) is 3.06. The van der Waals surface area contributed by atoms with Crippen LogP contribution in [0.15, 0.2) is 72.8 Å². The molecular weight excluding hydrogens is 475 g/mol. The number of hydrogen-bond donors (Lipinski definition) is 0. The van der Waals surface area contributed by atoms with Gasteiger partial charge in [-0.15, -0.1) is 70.3 Å². The van der Waals surface area contributed by atoms with Crippen LogP contribution in [0.3, 0.4) is 0 Å². The van der Waals surface area contributed by atoms with Crippen LogP contribution in [0.1, 0.15) is 11.1 Å². The smallest absolute Gasteiger partial charge is 0.168 e. The van der Waals surface area contributed by atoms with Crippen molar-refractivity contribution in [1.82, 2.24) is 0 Å². The first-order chi connectivity index (χ1) is 9.75. The van der Waals surface area contributed by atoms with Crippen LogP contribution in [0.25, 0.3) is 21.5 Å². The molecule has 0 spiro atoms. The van der Waals surface area contributed by atoms with Crippen molar-refractivity contribution >= 4 is 39.1 Å². The van der Waals surface area contributed by atoms with Crippen LogP contribution in [0.4, 0.5) is 0 Å². The monoisotopic (exact) mass is 495 g/mol. The first-order valence-corrected chi connectivity index (χ1v) is 6.98. The molecule has 4 aromatic rings. The molecule has 0 amide bonds. The SMILES string of the molecule is Cc1[cH-]c2ccccc2c1C.[Cl-].[Cl-].[GeH3].[Zr+4].c1ccc2[cH-]ccc2c1. The molecule has 4 aromatic carbocycles. The minimum Gasteiger partial charge on any atom is -0.168 e. The Labute approximate surface area is 186 Å². The van der Waals surface area contributed by atoms with Gasteiger partial charge in [-0.2, -0.15) is 23.1 Å². The summed E-state index contributed by atoms with van der Waals surface area (Å²) in [5.41, 5.74) is 2.81. The maximum Gasteiger partial charge on any atom is 4.00 e. The fraction of sp³-hybridized carbons (Fsp3) is 0.100. The van der Waals surface area contributed by atoms with Gasteiger partial charge in [0.05, 0.1) is 0 Å². The molecule has 4 rings (SSSR count). The first kappa shape index (κ1) is 25.9. The summed E-state index contributed by atoms with van der Waals surface area (Å²) in [5, 5.41) is 5.42. The van der Waals surface area contributed by atoms with Gasteiger partial charge in [0.1, 0.15) is 0 Å². The third-order valence-electron chi connectivity index (χ3n) is 3.88. The van der Waals surface area contributed by atoms with Crippen LogP contribution >= 0.6 is 0 Å². The third kappa shape index (κ3) is 5.88. The zero-order chi connectivity index (χ0) is 13.9. The summed E-state index contributed by atoms with van der Waals surface area (Å²) in [7, 11) is 0. The van der Waals surface area contributed by atoms with Gasteiger partial charge in [-0.3, -0.25) is 0 Å². The van der Waals surface area contributed by atoms with Crippen molar-refractivity contribution in [1.29, 1.82) is 0 Å². The molecule has 0 aliphatic carbocycles. The Morgan fingerprint density at radius 1 is 0.750 bits per heavy atom. The topological polar surface area (TPSA) is 0 Å². The summed E-state index contributed by atoms with van der Waals surface area (Å²) >= 11 is 0. The van der Waals surface area contributed by atoms with E-state index in [9.17, 15) is 0 Å². The van der Waals surface area contributed by atoms with Crippen molar-refractivity contribution in [3.63, 3.8) is 0 Å². The van der Waals surface area contributed by atoms with Crippen molar-refractivity contribution in [2.24, 2.45) is 0 Å². The second-order valence-electron chi connectivity index (χ2n) is 5.19. The van der Waals surface area contributed by atoms with E-state index in [4.69, 9.17) is 0 Å². The van der Waals surface area contributed by atoms with Crippen molar-refractivity contribution < 1.29 is 51.0 Å². The Hall–Kier alpha value is -0.334. The summed E-state index contributed by atoms with van der Waals surface area (Å²) in [5.74, 6) is 0. The summed E-state index contributed by atoms with van der Waals surface area (Å²) in [6, 6.07) is 25.4. The van der Waals surface area contributed by atoms with E-state index in [1.165, 1.54) is 32.7 Å². The summed E-state index contributed by atoms with van der Waals surface area (Å²) < 4.78 is 0. The Kier molecular flexibility index (Phi) is 13.0. The number of halogens is 2. The molecule has 0 atom stereocenters. The molecular formula is C20H21Cl2GeZr. The van der Waals surface area contributed by atoms with E-state index in [2.05, 4.69) is 86.6 Å². The van der Waals surface area contributed by atoms with Crippen LogP contribution < -0.4 is 24.8 Å². The summed E-state index contributed by atoms with van der Waals surface area (Å²) in [6.45, 7) is 4.34. The predicted octanol–water partition coefficient (Wildman–Crippen LogP) is -1.44. The van der Waals surface area contributed by atoms with Crippen molar-refractivity contribution in [2.75, 3.05) is 0 Å². The largest absolute Gasteiger partial charge is 4.00 e. The number of rotatable bonds is 0. The Balaban J connectivity index is 0. The van der Waals surface area contributed by atoms with Crippen LogP contribution in [0, 0.1) is 13.8 Å². The number of hydrogen-bond acceptors (Lipinski definition) is 0. The van der Waals surface area contributed by atoms with Gasteiger partial charge in [-0.1, -0.05) is 26.0 Å². The van der Waals surface area contributed by atoms with E-state index in [0.717, 1.165) is 0 Å². The summed E-state index contributed by atoms with van der Waals surface area (Å²) in [6.07, 6.45) is 0. The predicted molar refractivity (Wildman–Crippen MR) is 98.5 cm³/mol. The second kappa shape index (κ2) is 12.1. The summed E-state index contributed by atoms with van der Waals surface area (Å²) in [4.78, 5) is 0. The molecule has 24 heavy (non-hydrogen) atoms. The van der Waals surface area contributed by atoms with Crippen LogP contribution in [-0.4, -0.2) is 17.6 Å². The molecule has 0 fully saturated rings. The molecule has 0 heterocycles. The van der Waals surface area contributed by atoms with Crippen molar-refractivity contribution in [2.45, 2.75) is 13.8 Å². The number of benzene rings is 2. The van der Waals surface area contributed by atoms with Gasteiger partial charge in [0.15, 0.2) is 0 Å². The van der Waals surface area contributed by atoms with E-state index in [0.29, 0.717) is 0 Å². The Bertz CT molecular complexity index is 819. The molecule has 0 unspecified atom stereocenters. The Morgan fingerprint density at radius 2 is 1.33 bits per heavy atom. The van der Waals surface area contributed by atoms with E-state index in [-0.39, 0.29) is 68.6 Å². The molecule has 0 bridgehead atoms. The van der Waals surface area contributed by atoms with Gasteiger partial charge in [-0.25, -0.2) is 0 Å². The first-order valence-electron chi connectivity index (χ1n) is 6.98. The second-order valence-corrected chi connectivity index (χ2v) is 5.19. The number of fused-ring (bicyclic) bond motifs is 2. The van der Waals surface area contributed by atoms with E-state index in [1.807, 2.05) is 0 Å². The molecule has 0 nitrogen and oxygen atoms in total. The van der Waals surface area contributed by atoms with E-state index in [1.54, 1.807) is 0 Å². The van der Waals surface area contributed by atoms with Gasteiger partial charge < -0.3 is 24.8 Å². The number of aryl methyl sites for hydroxylation is 2. The fourth-order valence-corrected chi connectivity index (χ4v) is 2.59. The maximum absolute atomic E-state index is 2.24. The van der Waals surface area contributed by atoms with Crippen LogP contribution in [-0.2, 0) is 26.2 Å². The minimum atomic E-state index is 0. The van der Waals surface area contributed by atoms with Gasteiger partial charge in [0.25, 0.3) is 0 Å². The molecule has 0 N–H and O–H groups in total. The van der Waals surface area contributed by atoms with E-state index < -0.39 is 0 Å². The molecule has 0 saturated heterocycles. The quantitative estimate of drug-likeness (QED) is 0.207. The van der Waals surface area contributed by atoms with Crippen LogP contribution in [0.5, 0.6) is 0 Å². The van der Waals surface area contributed by atoms with Crippen molar-refractivity contribution in [3.05, 3.63) is 83.9 Å². The zero-order valence-corrected chi connectivity index (χ0v) is 22.4. The molecule has 123 valence electrons. The minimum absolute atomic E-state index is 0. The van der Waals surface area contributed by atoms with Gasteiger partial charge in [0.2, 0.25) is 0 Å². The molecule has 0 saturated carbocycles. The Morgan fingerprint density at radius 3 is 1.96 bits per heavy atom. The third-order valence-corrected chi connectivity index (χ3v) is 3.88. The molecule has 0 aliphatic heterocycles. The standard InChI is InChI=1S/C11H11.C9H7.2ClH.GeH3.Zr/c1-8-7-10-5-3-4-6-11(10)9(8)2;1-2-5-9-7-3-6-8(9)4-1;;;;/h3-7H,1-2H3;1-7H;2*1H;1H3;/q2*-1;;;;+4/p-2. The van der Waals surface area contributed by atoms with Crippen molar-refractivity contribution in [3.8, 4) is 0 Å². The molecule has 0 aromatic heterocycles. The fourth-order valence-electron chi connectivity index (χ4n) is 2.59. The normalized spacial score (nSPS) is 8.75. The van der Waals surface area contributed by atoms with Gasteiger partial charge >= 0.3 is 43.8 Å². The molecule has 0 aliphatic rings. The average molecular weight is 496 g/mol. The van der Waals surface area contributed by atoms with E-state index >= 15 is 0 Å².